The molecular formula is C17H14ClNO3. The summed E-state index contributed by atoms with van der Waals surface area (Å²) in [7, 11) is 1.35. The molecule has 2 aromatic rings. The van der Waals surface area contributed by atoms with E-state index in [4.69, 9.17) is 16.3 Å². The van der Waals surface area contributed by atoms with Crippen molar-refractivity contribution in [2.75, 3.05) is 18.6 Å². The van der Waals surface area contributed by atoms with Crippen molar-refractivity contribution in [3.63, 3.8) is 0 Å². The van der Waals surface area contributed by atoms with Crippen LogP contribution in [-0.2, 0) is 11.2 Å². The number of carbonyl (C=O) groups is 2. The Hall–Kier alpha value is -2.33. The molecule has 0 bridgehead atoms. The van der Waals surface area contributed by atoms with Gasteiger partial charge in [0.2, 0.25) is 0 Å². The van der Waals surface area contributed by atoms with Crippen molar-refractivity contribution in [1.82, 2.24) is 0 Å². The van der Waals surface area contributed by atoms with Gasteiger partial charge in [-0.3, -0.25) is 4.79 Å². The normalized spacial score (nSPS) is 12.9. The van der Waals surface area contributed by atoms with E-state index in [1.807, 2.05) is 0 Å². The van der Waals surface area contributed by atoms with E-state index in [9.17, 15) is 9.59 Å². The number of methoxy groups -OCH3 is 1. The van der Waals surface area contributed by atoms with Crippen LogP contribution in [0, 0.1) is 0 Å². The average molecular weight is 316 g/mol. The van der Waals surface area contributed by atoms with Crippen LogP contribution in [0.4, 0.5) is 5.69 Å². The molecule has 0 aromatic heterocycles. The van der Waals surface area contributed by atoms with Gasteiger partial charge in [-0.05, 0) is 42.3 Å². The SMILES string of the molecule is COC(=O)c1ccc2c(c1)CCN2C(=O)c1ccccc1Cl. The molecule has 0 unspecified atom stereocenters. The quantitative estimate of drug-likeness (QED) is 0.799. The summed E-state index contributed by atoms with van der Waals surface area (Å²) in [5.41, 5.74) is 2.75. The lowest BCUT2D eigenvalue weighted by Gasteiger charge is -2.18. The number of carbonyl (C=O) groups excluding carboxylic acids is 2. The van der Waals surface area contributed by atoms with Crippen LogP contribution in [0.1, 0.15) is 26.3 Å². The second-order valence-corrected chi connectivity index (χ2v) is 5.43. The molecule has 0 spiro atoms. The first-order valence-corrected chi connectivity index (χ1v) is 7.27. The maximum Gasteiger partial charge on any atom is 0.337 e. The van der Waals surface area contributed by atoms with Crippen LogP contribution in [0.3, 0.4) is 0 Å². The molecule has 0 atom stereocenters. The number of anilines is 1. The monoisotopic (exact) mass is 315 g/mol. The summed E-state index contributed by atoms with van der Waals surface area (Å²) in [6.45, 7) is 0.573. The summed E-state index contributed by atoms with van der Waals surface area (Å²) in [5, 5.41) is 0.437. The van der Waals surface area contributed by atoms with E-state index < -0.39 is 0 Å². The average Bonchev–Trinajstić information content (AvgIpc) is 2.97. The lowest BCUT2D eigenvalue weighted by atomic mass is 10.1. The molecule has 2 aromatic carbocycles. The fourth-order valence-corrected chi connectivity index (χ4v) is 2.85. The van der Waals surface area contributed by atoms with Gasteiger partial charge >= 0.3 is 5.97 Å². The summed E-state index contributed by atoms with van der Waals surface area (Å²) < 4.78 is 4.72. The standard InChI is InChI=1S/C17H14ClNO3/c1-22-17(21)12-6-7-15-11(10-12)8-9-19(15)16(20)13-4-2-3-5-14(13)18/h2-7,10H,8-9H2,1H3. The Bertz CT molecular complexity index is 757. The van der Waals surface area contributed by atoms with E-state index in [0.717, 1.165) is 11.3 Å². The van der Waals surface area contributed by atoms with Crippen LogP contribution in [-0.4, -0.2) is 25.5 Å². The number of amides is 1. The predicted octanol–water partition coefficient (Wildman–Crippen LogP) is 3.33. The zero-order valence-corrected chi connectivity index (χ0v) is 12.8. The second kappa shape index (κ2) is 5.81. The van der Waals surface area contributed by atoms with E-state index in [1.54, 1.807) is 47.4 Å². The van der Waals surface area contributed by atoms with Gasteiger partial charge in [-0.2, -0.15) is 0 Å². The third-order valence-electron chi connectivity index (χ3n) is 3.75. The minimum Gasteiger partial charge on any atom is -0.465 e. The van der Waals surface area contributed by atoms with Crippen molar-refractivity contribution in [3.8, 4) is 0 Å². The Balaban J connectivity index is 1.93. The minimum absolute atomic E-state index is 0.129. The third kappa shape index (κ3) is 2.46. The zero-order chi connectivity index (χ0) is 15.7. The highest BCUT2D eigenvalue weighted by Gasteiger charge is 2.27. The van der Waals surface area contributed by atoms with Gasteiger partial charge in [0.05, 0.1) is 23.3 Å². The number of halogens is 1. The number of hydrogen-bond acceptors (Lipinski definition) is 3. The molecule has 1 amide bonds. The van der Waals surface area contributed by atoms with Crippen LogP contribution >= 0.6 is 11.6 Å². The van der Waals surface area contributed by atoms with Gasteiger partial charge in [-0.1, -0.05) is 23.7 Å². The van der Waals surface area contributed by atoms with Crippen molar-refractivity contribution in [2.45, 2.75) is 6.42 Å². The Morgan fingerprint density at radius 2 is 1.95 bits per heavy atom. The maximum atomic E-state index is 12.7. The zero-order valence-electron chi connectivity index (χ0n) is 12.0. The second-order valence-electron chi connectivity index (χ2n) is 5.02. The number of benzene rings is 2. The lowest BCUT2D eigenvalue weighted by Crippen LogP contribution is -2.29. The van der Waals surface area contributed by atoms with E-state index in [-0.39, 0.29) is 11.9 Å². The van der Waals surface area contributed by atoms with Crippen LogP contribution in [0.5, 0.6) is 0 Å². The molecular weight excluding hydrogens is 302 g/mol. The molecule has 0 N–H and O–H groups in total. The first-order valence-electron chi connectivity index (χ1n) is 6.89. The number of nitrogens with zero attached hydrogens (tertiary/aromatic N) is 1. The van der Waals surface area contributed by atoms with Gasteiger partial charge in [-0.25, -0.2) is 4.79 Å². The molecule has 112 valence electrons. The van der Waals surface area contributed by atoms with Gasteiger partial charge in [0.15, 0.2) is 0 Å². The highest BCUT2D eigenvalue weighted by atomic mass is 35.5. The van der Waals surface area contributed by atoms with Crippen LogP contribution < -0.4 is 4.90 Å². The van der Waals surface area contributed by atoms with E-state index in [0.29, 0.717) is 29.1 Å². The Labute approximate surface area is 133 Å². The van der Waals surface area contributed by atoms with Crippen LogP contribution in [0.15, 0.2) is 42.5 Å². The summed E-state index contributed by atoms with van der Waals surface area (Å²) in [6.07, 6.45) is 0.705. The summed E-state index contributed by atoms with van der Waals surface area (Å²) in [5.74, 6) is -0.506. The molecule has 0 aliphatic carbocycles. The van der Waals surface area contributed by atoms with E-state index in [1.165, 1.54) is 7.11 Å². The fourth-order valence-electron chi connectivity index (χ4n) is 2.64. The summed E-state index contributed by atoms with van der Waals surface area (Å²) in [4.78, 5) is 25.9. The van der Waals surface area contributed by atoms with Crippen LogP contribution in [0.25, 0.3) is 0 Å². The molecule has 1 aliphatic heterocycles. The highest BCUT2D eigenvalue weighted by Crippen LogP contribution is 2.31. The topological polar surface area (TPSA) is 46.6 Å². The van der Waals surface area contributed by atoms with Gasteiger partial charge < -0.3 is 9.64 Å². The lowest BCUT2D eigenvalue weighted by molar-refractivity contribution is 0.0600. The van der Waals surface area contributed by atoms with E-state index >= 15 is 0 Å². The molecule has 1 aliphatic rings. The van der Waals surface area contributed by atoms with Crippen molar-refractivity contribution in [1.29, 1.82) is 0 Å². The number of esters is 1. The minimum atomic E-state index is -0.376. The first kappa shape index (κ1) is 14.6. The molecule has 0 saturated carbocycles. The van der Waals surface area contributed by atoms with Gasteiger partial charge in [0, 0.05) is 12.2 Å². The third-order valence-corrected chi connectivity index (χ3v) is 4.08. The number of ether oxygens (including phenoxy) is 1. The Morgan fingerprint density at radius 1 is 1.18 bits per heavy atom. The van der Waals surface area contributed by atoms with Crippen molar-refractivity contribution in [2.24, 2.45) is 0 Å². The first-order chi connectivity index (χ1) is 10.6. The maximum absolute atomic E-state index is 12.7. The number of rotatable bonds is 2. The summed E-state index contributed by atoms with van der Waals surface area (Å²) >= 11 is 6.10. The van der Waals surface area contributed by atoms with Gasteiger partial charge in [0.1, 0.15) is 0 Å². The Kier molecular flexibility index (Phi) is 3.86. The fraction of sp³-hybridized carbons (Fsp3) is 0.176. The molecule has 0 fully saturated rings. The smallest absolute Gasteiger partial charge is 0.337 e. The molecule has 3 rings (SSSR count). The predicted molar refractivity (Wildman–Crippen MR) is 84.6 cm³/mol. The molecule has 5 heteroatoms. The van der Waals surface area contributed by atoms with Gasteiger partial charge in [-0.15, -0.1) is 0 Å². The number of hydrogen-bond donors (Lipinski definition) is 0. The molecule has 1 heterocycles. The molecule has 0 radical (unpaired) electrons. The van der Waals surface area contributed by atoms with Crippen LogP contribution in [0.2, 0.25) is 5.02 Å². The molecule has 22 heavy (non-hydrogen) atoms. The van der Waals surface area contributed by atoms with Crippen molar-refractivity contribution in [3.05, 3.63) is 64.2 Å². The van der Waals surface area contributed by atoms with Crippen molar-refractivity contribution >= 4 is 29.2 Å². The molecule has 0 saturated heterocycles. The largest absolute Gasteiger partial charge is 0.465 e. The molecule has 4 nitrogen and oxygen atoms in total. The number of fused-ring (bicyclic) bond motifs is 1. The van der Waals surface area contributed by atoms with E-state index in [2.05, 4.69) is 0 Å². The van der Waals surface area contributed by atoms with Gasteiger partial charge in [0.25, 0.3) is 5.91 Å². The highest BCUT2D eigenvalue weighted by molar-refractivity contribution is 6.34. The van der Waals surface area contributed by atoms with Crippen molar-refractivity contribution < 1.29 is 14.3 Å². The summed E-state index contributed by atoms with van der Waals surface area (Å²) in [6, 6.07) is 12.2. The Morgan fingerprint density at radius 3 is 2.68 bits per heavy atom.